The summed E-state index contributed by atoms with van der Waals surface area (Å²) in [4.78, 5) is 16.7. The quantitative estimate of drug-likeness (QED) is 0.759. The van der Waals surface area contributed by atoms with Crippen LogP contribution in [0.3, 0.4) is 0 Å². The Morgan fingerprint density at radius 3 is 2.18 bits per heavy atom. The summed E-state index contributed by atoms with van der Waals surface area (Å²) in [7, 11) is 0. The van der Waals surface area contributed by atoms with Crippen LogP contribution in [0.15, 0.2) is 54.6 Å². The third-order valence-corrected chi connectivity index (χ3v) is 4.23. The Balaban J connectivity index is 1.90. The number of aromatic nitrogens is 1. The van der Waals surface area contributed by atoms with Gasteiger partial charge in [0.05, 0.1) is 5.69 Å². The average molecular weight is 308 g/mol. The highest BCUT2D eigenvalue weighted by Gasteiger charge is 2.10. The molecule has 0 fully saturated rings. The maximum Gasteiger partial charge on any atom is 0.223 e. The number of amides is 1. The summed E-state index contributed by atoms with van der Waals surface area (Å²) < 4.78 is 0. The van der Waals surface area contributed by atoms with Gasteiger partial charge in [0, 0.05) is 17.4 Å². The van der Waals surface area contributed by atoms with E-state index in [4.69, 9.17) is 0 Å². The number of rotatable bonds is 3. The van der Waals surface area contributed by atoms with Crippen LogP contribution in [-0.2, 0) is 4.79 Å². The van der Waals surface area contributed by atoms with Crippen LogP contribution >= 0.6 is 11.3 Å². The minimum Gasteiger partial charge on any atom is -0.302 e. The summed E-state index contributed by atoms with van der Waals surface area (Å²) in [5.41, 5.74) is 4.36. The molecule has 0 atom stereocenters. The maximum absolute atomic E-state index is 11.1. The third kappa shape index (κ3) is 3.07. The van der Waals surface area contributed by atoms with E-state index in [1.807, 2.05) is 25.1 Å². The summed E-state index contributed by atoms with van der Waals surface area (Å²) in [6.45, 7) is 3.51. The van der Waals surface area contributed by atoms with E-state index >= 15 is 0 Å². The molecule has 1 aromatic heterocycles. The minimum absolute atomic E-state index is 0.0975. The number of carbonyl (C=O) groups is 1. The van der Waals surface area contributed by atoms with Crippen LogP contribution in [0.2, 0.25) is 0 Å². The topological polar surface area (TPSA) is 42.0 Å². The predicted molar refractivity (Wildman–Crippen MR) is 92.0 cm³/mol. The fourth-order valence-electron chi connectivity index (χ4n) is 2.32. The molecule has 1 N–H and O–H groups in total. The number of thiazole rings is 1. The van der Waals surface area contributed by atoms with Crippen LogP contribution in [0.4, 0.5) is 5.13 Å². The SMILES string of the molecule is CC(=O)Nc1nc(-c2ccc(-c3ccccc3)cc2)c(C)s1. The van der Waals surface area contributed by atoms with Gasteiger partial charge in [0.1, 0.15) is 0 Å². The molecule has 0 aliphatic rings. The standard InChI is InChI=1S/C18H16N2OS/c1-12-17(20-18(22-12)19-13(2)21)16-10-8-15(9-11-16)14-6-4-3-5-7-14/h3-11H,1-2H3,(H,19,20,21). The zero-order chi connectivity index (χ0) is 15.5. The van der Waals surface area contributed by atoms with Crippen molar-refractivity contribution in [1.82, 2.24) is 4.98 Å². The van der Waals surface area contributed by atoms with E-state index in [2.05, 4.69) is 46.7 Å². The Morgan fingerprint density at radius 2 is 1.55 bits per heavy atom. The number of benzene rings is 2. The molecule has 22 heavy (non-hydrogen) atoms. The first-order valence-corrected chi connectivity index (χ1v) is 7.86. The van der Waals surface area contributed by atoms with Crippen molar-refractivity contribution in [2.24, 2.45) is 0 Å². The zero-order valence-corrected chi connectivity index (χ0v) is 13.3. The van der Waals surface area contributed by atoms with Gasteiger partial charge >= 0.3 is 0 Å². The number of anilines is 1. The Hall–Kier alpha value is -2.46. The van der Waals surface area contributed by atoms with Gasteiger partial charge < -0.3 is 5.32 Å². The van der Waals surface area contributed by atoms with Crippen LogP contribution in [-0.4, -0.2) is 10.9 Å². The monoisotopic (exact) mass is 308 g/mol. The van der Waals surface area contributed by atoms with Gasteiger partial charge in [0.25, 0.3) is 0 Å². The molecule has 0 aliphatic heterocycles. The minimum atomic E-state index is -0.0975. The summed E-state index contributed by atoms with van der Waals surface area (Å²) in [6.07, 6.45) is 0. The molecule has 110 valence electrons. The second kappa shape index (κ2) is 6.12. The van der Waals surface area contributed by atoms with Gasteiger partial charge in [-0.1, -0.05) is 54.6 Å². The van der Waals surface area contributed by atoms with E-state index in [1.54, 1.807) is 0 Å². The molecular formula is C18H16N2OS. The molecule has 0 unspecified atom stereocenters. The molecule has 0 saturated heterocycles. The lowest BCUT2D eigenvalue weighted by molar-refractivity contribution is -0.114. The van der Waals surface area contributed by atoms with Gasteiger partial charge in [0.15, 0.2) is 5.13 Å². The zero-order valence-electron chi connectivity index (χ0n) is 12.5. The largest absolute Gasteiger partial charge is 0.302 e. The average Bonchev–Trinajstić information content (AvgIpc) is 2.88. The lowest BCUT2D eigenvalue weighted by atomic mass is 10.0. The van der Waals surface area contributed by atoms with Gasteiger partial charge in [-0.2, -0.15) is 0 Å². The van der Waals surface area contributed by atoms with E-state index in [0.29, 0.717) is 5.13 Å². The Labute approximate surface area is 133 Å². The number of aryl methyl sites for hydroxylation is 1. The van der Waals surface area contributed by atoms with Gasteiger partial charge in [-0.25, -0.2) is 4.98 Å². The molecule has 4 heteroatoms. The highest BCUT2D eigenvalue weighted by atomic mass is 32.1. The lowest BCUT2D eigenvalue weighted by Crippen LogP contribution is -2.04. The number of carbonyl (C=O) groups excluding carboxylic acids is 1. The van der Waals surface area contributed by atoms with Gasteiger partial charge in [-0.3, -0.25) is 4.79 Å². The fourth-order valence-corrected chi connectivity index (χ4v) is 3.20. The van der Waals surface area contributed by atoms with Crippen LogP contribution in [0.1, 0.15) is 11.8 Å². The van der Waals surface area contributed by atoms with Crippen molar-refractivity contribution < 1.29 is 4.79 Å². The summed E-state index contributed by atoms with van der Waals surface area (Å²) in [5.74, 6) is -0.0975. The smallest absolute Gasteiger partial charge is 0.223 e. The fraction of sp³-hybridized carbons (Fsp3) is 0.111. The van der Waals surface area contributed by atoms with Crippen molar-refractivity contribution in [3.05, 3.63) is 59.5 Å². The van der Waals surface area contributed by atoms with Crippen molar-refractivity contribution in [3.63, 3.8) is 0 Å². The molecule has 1 amide bonds. The summed E-state index contributed by atoms with van der Waals surface area (Å²) >= 11 is 1.50. The van der Waals surface area contributed by atoms with E-state index < -0.39 is 0 Å². The Morgan fingerprint density at radius 1 is 0.955 bits per heavy atom. The van der Waals surface area contributed by atoms with Crippen LogP contribution < -0.4 is 5.32 Å². The molecule has 0 spiro atoms. The number of nitrogens with one attached hydrogen (secondary N) is 1. The molecule has 0 radical (unpaired) electrons. The van der Waals surface area contributed by atoms with E-state index in [1.165, 1.54) is 29.4 Å². The van der Waals surface area contributed by atoms with Crippen molar-refractivity contribution in [3.8, 4) is 22.4 Å². The number of hydrogen-bond acceptors (Lipinski definition) is 3. The highest BCUT2D eigenvalue weighted by Crippen LogP contribution is 2.31. The number of hydrogen-bond donors (Lipinski definition) is 1. The van der Waals surface area contributed by atoms with Gasteiger partial charge in [-0.15, -0.1) is 11.3 Å². The predicted octanol–water partition coefficient (Wildman–Crippen LogP) is 4.74. The molecule has 3 nitrogen and oxygen atoms in total. The molecule has 3 aromatic rings. The molecular weight excluding hydrogens is 292 g/mol. The van der Waals surface area contributed by atoms with E-state index in [0.717, 1.165) is 16.1 Å². The molecule has 0 saturated carbocycles. The van der Waals surface area contributed by atoms with Crippen LogP contribution in [0, 0.1) is 6.92 Å². The molecule has 3 rings (SSSR count). The van der Waals surface area contributed by atoms with Crippen molar-refractivity contribution >= 4 is 22.4 Å². The van der Waals surface area contributed by atoms with Crippen molar-refractivity contribution in [2.45, 2.75) is 13.8 Å². The normalized spacial score (nSPS) is 10.5. The van der Waals surface area contributed by atoms with Crippen molar-refractivity contribution in [1.29, 1.82) is 0 Å². The van der Waals surface area contributed by atoms with E-state index in [9.17, 15) is 4.79 Å². The van der Waals surface area contributed by atoms with Crippen LogP contribution in [0.5, 0.6) is 0 Å². The second-order valence-electron chi connectivity index (χ2n) is 5.05. The summed E-state index contributed by atoms with van der Waals surface area (Å²) in [5, 5.41) is 3.39. The second-order valence-corrected chi connectivity index (χ2v) is 6.25. The molecule has 1 heterocycles. The van der Waals surface area contributed by atoms with Crippen molar-refractivity contribution in [2.75, 3.05) is 5.32 Å². The van der Waals surface area contributed by atoms with Gasteiger partial charge in [-0.05, 0) is 18.1 Å². The Kier molecular flexibility index (Phi) is 4.02. The first-order valence-electron chi connectivity index (χ1n) is 7.04. The third-order valence-electron chi connectivity index (χ3n) is 3.35. The number of nitrogens with zero attached hydrogens (tertiary/aromatic N) is 1. The van der Waals surface area contributed by atoms with E-state index in [-0.39, 0.29) is 5.91 Å². The molecule has 0 aliphatic carbocycles. The molecule has 2 aromatic carbocycles. The highest BCUT2D eigenvalue weighted by molar-refractivity contribution is 7.16. The van der Waals surface area contributed by atoms with Gasteiger partial charge in [0.2, 0.25) is 5.91 Å². The Bertz CT molecular complexity index is 792. The first kappa shape index (κ1) is 14.5. The summed E-state index contributed by atoms with van der Waals surface area (Å²) in [6, 6.07) is 18.6. The first-order chi connectivity index (χ1) is 10.6. The molecule has 0 bridgehead atoms. The maximum atomic E-state index is 11.1. The van der Waals surface area contributed by atoms with Crippen LogP contribution in [0.25, 0.3) is 22.4 Å². The lowest BCUT2D eigenvalue weighted by Gasteiger charge is -2.03.